The molecule has 10 nitrogen and oxygen atoms in total. The van der Waals surface area contributed by atoms with E-state index in [0.717, 1.165) is 39.3 Å². The Kier molecular flexibility index (Phi) is 6.79. The van der Waals surface area contributed by atoms with Crippen LogP contribution in [0.25, 0.3) is 17.1 Å². The number of hydrogen-bond donors (Lipinski definition) is 2. The number of thioether (sulfide) groups is 1. The Morgan fingerprint density at radius 2 is 1.80 bits per heavy atom. The molecule has 1 saturated heterocycles. The summed E-state index contributed by atoms with van der Waals surface area (Å²) in [7, 11) is 1.60. The first kappa shape index (κ1) is 24.3. The molecule has 0 radical (unpaired) electrons. The molecule has 11 heteroatoms. The Morgan fingerprint density at radius 3 is 2.40 bits per heavy atom. The standard InChI is InChI=1S/C24H26N6O4S/c1-5-24(3)21(32)30(22(33)25-24)28-19(31)14-35-23-27-26-20(16-8-12-18(34-4)13-9-16)29(23)17-10-6-15(2)7-11-17/h6-13H,5,14H2,1-4H3,(H,25,33)(H,28,31). The van der Waals surface area contributed by atoms with Gasteiger partial charge in [-0.3, -0.25) is 19.6 Å². The third-order valence-corrected chi connectivity index (χ3v) is 6.74. The average molecular weight is 495 g/mol. The van der Waals surface area contributed by atoms with E-state index >= 15 is 0 Å². The summed E-state index contributed by atoms with van der Waals surface area (Å²) in [5.41, 5.74) is 4.13. The molecule has 1 fully saturated rings. The fourth-order valence-corrected chi connectivity index (χ4v) is 4.27. The summed E-state index contributed by atoms with van der Waals surface area (Å²) in [6, 6.07) is 14.7. The molecule has 0 spiro atoms. The van der Waals surface area contributed by atoms with Gasteiger partial charge in [-0.2, -0.15) is 5.01 Å². The van der Waals surface area contributed by atoms with Crippen molar-refractivity contribution >= 4 is 29.6 Å². The van der Waals surface area contributed by atoms with E-state index in [1.54, 1.807) is 21.0 Å². The molecular formula is C24H26N6O4S. The van der Waals surface area contributed by atoms with Crippen molar-refractivity contribution in [1.29, 1.82) is 0 Å². The molecule has 2 heterocycles. The molecule has 0 aliphatic carbocycles. The zero-order valence-electron chi connectivity index (χ0n) is 19.9. The van der Waals surface area contributed by atoms with E-state index < -0.39 is 23.4 Å². The average Bonchev–Trinajstić information content (AvgIpc) is 3.38. The van der Waals surface area contributed by atoms with E-state index in [9.17, 15) is 14.4 Å². The number of carbonyl (C=O) groups is 3. The first-order valence-electron chi connectivity index (χ1n) is 11.0. The maximum Gasteiger partial charge on any atom is 0.344 e. The largest absolute Gasteiger partial charge is 0.497 e. The van der Waals surface area contributed by atoms with Crippen LogP contribution in [0.3, 0.4) is 0 Å². The quantitative estimate of drug-likeness (QED) is 0.365. The van der Waals surface area contributed by atoms with Crippen molar-refractivity contribution in [1.82, 2.24) is 30.5 Å². The molecule has 1 aromatic heterocycles. The van der Waals surface area contributed by atoms with E-state index in [1.165, 1.54) is 0 Å². The predicted molar refractivity (Wildman–Crippen MR) is 131 cm³/mol. The van der Waals surface area contributed by atoms with Gasteiger partial charge in [0.1, 0.15) is 11.3 Å². The number of aryl methyl sites for hydroxylation is 1. The van der Waals surface area contributed by atoms with Gasteiger partial charge in [0.2, 0.25) is 5.91 Å². The number of imide groups is 1. The second-order valence-corrected chi connectivity index (χ2v) is 9.23. The number of rotatable bonds is 8. The van der Waals surface area contributed by atoms with Gasteiger partial charge < -0.3 is 10.1 Å². The second kappa shape index (κ2) is 9.79. The third-order valence-electron chi connectivity index (χ3n) is 5.81. The van der Waals surface area contributed by atoms with E-state index in [-0.39, 0.29) is 5.75 Å². The molecular weight excluding hydrogens is 468 g/mol. The summed E-state index contributed by atoms with van der Waals surface area (Å²) in [4.78, 5) is 37.3. The lowest BCUT2D eigenvalue weighted by molar-refractivity contribution is -0.137. The number of urea groups is 1. The molecule has 4 amide bonds. The molecule has 2 N–H and O–H groups in total. The Balaban J connectivity index is 1.56. The Bertz CT molecular complexity index is 1260. The van der Waals surface area contributed by atoms with Crippen LogP contribution in [0, 0.1) is 6.92 Å². The van der Waals surface area contributed by atoms with Crippen LogP contribution in [0.4, 0.5) is 4.79 Å². The number of hydrazine groups is 1. The summed E-state index contributed by atoms with van der Waals surface area (Å²) < 4.78 is 7.11. The molecule has 35 heavy (non-hydrogen) atoms. The third kappa shape index (κ3) is 4.85. The fourth-order valence-electron chi connectivity index (χ4n) is 3.53. The van der Waals surface area contributed by atoms with Gasteiger partial charge in [-0.1, -0.05) is 36.4 Å². The van der Waals surface area contributed by atoms with Gasteiger partial charge in [-0.05, 0) is 56.7 Å². The summed E-state index contributed by atoms with van der Waals surface area (Å²) >= 11 is 1.15. The second-order valence-electron chi connectivity index (χ2n) is 8.29. The van der Waals surface area contributed by atoms with Crippen LogP contribution in [-0.4, -0.2) is 56.0 Å². The lowest BCUT2D eigenvalue weighted by atomic mass is 10.00. The summed E-state index contributed by atoms with van der Waals surface area (Å²) in [6.07, 6.45) is 0.409. The van der Waals surface area contributed by atoms with Gasteiger partial charge in [0.15, 0.2) is 11.0 Å². The normalized spacial score (nSPS) is 17.4. The molecule has 0 saturated carbocycles. The fraction of sp³-hybridized carbons (Fsp3) is 0.292. The van der Waals surface area contributed by atoms with E-state index in [2.05, 4.69) is 20.9 Å². The van der Waals surface area contributed by atoms with Crippen molar-refractivity contribution in [3.05, 3.63) is 54.1 Å². The highest BCUT2D eigenvalue weighted by atomic mass is 32.2. The van der Waals surface area contributed by atoms with Gasteiger partial charge in [-0.15, -0.1) is 10.2 Å². The van der Waals surface area contributed by atoms with Crippen molar-refractivity contribution in [2.45, 2.75) is 37.9 Å². The van der Waals surface area contributed by atoms with Crippen LogP contribution < -0.4 is 15.5 Å². The highest BCUT2D eigenvalue weighted by Gasteiger charge is 2.47. The molecule has 2 aromatic carbocycles. The minimum absolute atomic E-state index is 0.0769. The number of aromatic nitrogens is 3. The SMILES string of the molecule is CCC1(C)NC(=O)N(NC(=O)CSc2nnc(-c3ccc(OC)cc3)n2-c2ccc(C)cc2)C1=O. The Morgan fingerprint density at radius 1 is 1.11 bits per heavy atom. The van der Waals surface area contributed by atoms with Crippen LogP contribution in [0.5, 0.6) is 5.75 Å². The van der Waals surface area contributed by atoms with Gasteiger partial charge in [0, 0.05) is 11.3 Å². The lowest BCUT2D eigenvalue weighted by Crippen LogP contribution is -2.49. The zero-order valence-corrected chi connectivity index (χ0v) is 20.7. The first-order valence-corrected chi connectivity index (χ1v) is 12.0. The highest BCUT2D eigenvalue weighted by molar-refractivity contribution is 7.99. The number of hydrogen-bond acceptors (Lipinski definition) is 7. The summed E-state index contributed by atoms with van der Waals surface area (Å²) in [5, 5.41) is 12.5. The monoisotopic (exact) mass is 494 g/mol. The number of nitrogens with one attached hydrogen (secondary N) is 2. The van der Waals surface area contributed by atoms with Crippen molar-refractivity contribution in [3.8, 4) is 22.8 Å². The molecule has 4 rings (SSSR count). The van der Waals surface area contributed by atoms with Crippen LogP contribution in [-0.2, 0) is 9.59 Å². The van der Waals surface area contributed by atoms with Gasteiger partial charge in [-0.25, -0.2) is 4.79 Å². The molecule has 3 aromatic rings. The van der Waals surface area contributed by atoms with Crippen molar-refractivity contribution in [2.75, 3.05) is 12.9 Å². The van der Waals surface area contributed by atoms with Crippen molar-refractivity contribution in [2.24, 2.45) is 0 Å². The minimum Gasteiger partial charge on any atom is -0.497 e. The zero-order chi connectivity index (χ0) is 25.2. The summed E-state index contributed by atoms with van der Waals surface area (Å²) in [6.45, 7) is 5.41. The van der Waals surface area contributed by atoms with Crippen LogP contribution in [0.2, 0.25) is 0 Å². The topological polar surface area (TPSA) is 118 Å². The van der Waals surface area contributed by atoms with E-state index in [4.69, 9.17) is 4.74 Å². The smallest absolute Gasteiger partial charge is 0.344 e. The van der Waals surface area contributed by atoms with E-state index in [1.807, 2.05) is 60.0 Å². The summed E-state index contributed by atoms with van der Waals surface area (Å²) in [5.74, 6) is 0.247. The van der Waals surface area contributed by atoms with Gasteiger partial charge in [0.05, 0.1) is 12.9 Å². The predicted octanol–water partition coefficient (Wildman–Crippen LogP) is 3.10. The molecule has 1 aliphatic heterocycles. The number of ether oxygens (including phenoxy) is 1. The van der Waals surface area contributed by atoms with E-state index in [0.29, 0.717) is 17.4 Å². The van der Waals surface area contributed by atoms with Crippen LogP contribution >= 0.6 is 11.8 Å². The van der Waals surface area contributed by atoms with Crippen molar-refractivity contribution in [3.63, 3.8) is 0 Å². The Hall–Kier alpha value is -3.86. The number of amides is 4. The molecule has 182 valence electrons. The maximum absolute atomic E-state index is 12.6. The molecule has 0 bridgehead atoms. The number of methoxy groups -OCH3 is 1. The molecule has 1 unspecified atom stereocenters. The molecule has 1 aliphatic rings. The molecule has 1 atom stereocenters. The van der Waals surface area contributed by atoms with Crippen molar-refractivity contribution < 1.29 is 19.1 Å². The minimum atomic E-state index is -1.03. The number of benzene rings is 2. The van der Waals surface area contributed by atoms with Crippen LogP contribution in [0.15, 0.2) is 53.7 Å². The first-order chi connectivity index (χ1) is 16.8. The van der Waals surface area contributed by atoms with Gasteiger partial charge in [0.25, 0.3) is 5.91 Å². The highest BCUT2D eigenvalue weighted by Crippen LogP contribution is 2.29. The number of carbonyl (C=O) groups excluding carboxylic acids is 3. The van der Waals surface area contributed by atoms with Crippen LogP contribution in [0.1, 0.15) is 25.8 Å². The maximum atomic E-state index is 12.6. The Labute approximate surface area is 207 Å². The van der Waals surface area contributed by atoms with Gasteiger partial charge >= 0.3 is 6.03 Å². The number of nitrogens with zero attached hydrogens (tertiary/aromatic N) is 4. The lowest BCUT2D eigenvalue weighted by Gasteiger charge is -2.19.